The number of piperidine rings is 1. The predicted molar refractivity (Wildman–Crippen MR) is 77.4 cm³/mol. The van der Waals surface area contributed by atoms with Gasteiger partial charge in [0.25, 0.3) is 0 Å². The van der Waals surface area contributed by atoms with Gasteiger partial charge in [-0.3, -0.25) is 4.79 Å². The van der Waals surface area contributed by atoms with Crippen LogP contribution < -0.4 is 10.6 Å². The highest BCUT2D eigenvalue weighted by Crippen LogP contribution is 2.18. The van der Waals surface area contributed by atoms with Gasteiger partial charge in [0.05, 0.1) is 0 Å². The first-order chi connectivity index (χ1) is 8.15. The summed E-state index contributed by atoms with van der Waals surface area (Å²) in [6.07, 6.45) is 1.88. The highest BCUT2D eigenvalue weighted by atomic mass is 35.5. The summed E-state index contributed by atoms with van der Waals surface area (Å²) in [5.41, 5.74) is 3.29. The Hall–Kier alpha value is -1.06. The van der Waals surface area contributed by atoms with Crippen LogP contribution in [0.5, 0.6) is 0 Å². The number of rotatable bonds is 2. The van der Waals surface area contributed by atoms with E-state index in [9.17, 15) is 4.79 Å². The van der Waals surface area contributed by atoms with E-state index in [0.29, 0.717) is 0 Å². The molecule has 18 heavy (non-hydrogen) atoms. The van der Waals surface area contributed by atoms with E-state index in [2.05, 4.69) is 16.7 Å². The van der Waals surface area contributed by atoms with Gasteiger partial charge in [-0.1, -0.05) is 6.07 Å². The number of halogens is 1. The summed E-state index contributed by atoms with van der Waals surface area (Å²) in [6, 6.07) is 6.15. The highest BCUT2D eigenvalue weighted by Gasteiger charge is 2.20. The number of aryl methyl sites for hydroxylation is 2. The van der Waals surface area contributed by atoms with Crippen LogP contribution >= 0.6 is 12.4 Å². The maximum Gasteiger partial charge on any atom is 0.227 e. The average Bonchev–Trinajstić information content (AvgIpc) is 2.28. The molecule has 1 amide bonds. The summed E-state index contributed by atoms with van der Waals surface area (Å²) < 4.78 is 0. The molecule has 0 unspecified atom stereocenters. The van der Waals surface area contributed by atoms with Gasteiger partial charge < -0.3 is 10.6 Å². The van der Waals surface area contributed by atoms with Gasteiger partial charge >= 0.3 is 0 Å². The van der Waals surface area contributed by atoms with E-state index in [1.165, 1.54) is 11.1 Å². The van der Waals surface area contributed by atoms with Crippen LogP contribution in [-0.2, 0) is 4.79 Å². The monoisotopic (exact) mass is 268 g/mol. The molecule has 1 aromatic carbocycles. The van der Waals surface area contributed by atoms with Gasteiger partial charge in [-0.25, -0.2) is 0 Å². The van der Waals surface area contributed by atoms with Gasteiger partial charge in [-0.2, -0.15) is 0 Å². The number of benzene rings is 1. The zero-order valence-corrected chi connectivity index (χ0v) is 11.8. The third kappa shape index (κ3) is 4.00. The minimum absolute atomic E-state index is 0. The number of nitrogens with one attached hydrogen (secondary N) is 2. The molecular weight excluding hydrogens is 248 g/mol. The first-order valence-corrected chi connectivity index (χ1v) is 6.25. The SMILES string of the molecule is Cc1cc(C)cc(NC(=O)C2CCNCC2)c1.Cl. The Morgan fingerprint density at radius 2 is 1.72 bits per heavy atom. The fourth-order valence-corrected chi connectivity index (χ4v) is 2.38. The zero-order chi connectivity index (χ0) is 12.3. The summed E-state index contributed by atoms with van der Waals surface area (Å²) >= 11 is 0. The molecule has 1 aliphatic heterocycles. The van der Waals surface area contributed by atoms with Crippen molar-refractivity contribution in [2.24, 2.45) is 5.92 Å². The van der Waals surface area contributed by atoms with Crippen molar-refractivity contribution in [2.45, 2.75) is 26.7 Å². The summed E-state index contributed by atoms with van der Waals surface area (Å²) in [7, 11) is 0. The number of hydrogen-bond acceptors (Lipinski definition) is 2. The molecule has 2 N–H and O–H groups in total. The Morgan fingerprint density at radius 1 is 1.17 bits per heavy atom. The molecule has 3 nitrogen and oxygen atoms in total. The Bertz CT molecular complexity index is 394. The Morgan fingerprint density at radius 3 is 2.28 bits per heavy atom. The van der Waals surface area contributed by atoms with Crippen LogP contribution in [0.2, 0.25) is 0 Å². The molecule has 1 heterocycles. The number of amides is 1. The second kappa shape index (κ2) is 6.76. The van der Waals surface area contributed by atoms with Crippen molar-refractivity contribution >= 4 is 24.0 Å². The van der Waals surface area contributed by atoms with E-state index in [4.69, 9.17) is 0 Å². The molecule has 100 valence electrons. The summed E-state index contributed by atoms with van der Waals surface area (Å²) in [6.45, 7) is 6.00. The van der Waals surface area contributed by atoms with Crippen molar-refractivity contribution in [1.82, 2.24) is 5.32 Å². The maximum absolute atomic E-state index is 12.1. The number of carbonyl (C=O) groups is 1. The molecule has 4 heteroatoms. The van der Waals surface area contributed by atoms with E-state index >= 15 is 0 Å². The Balaban J connectivity index is 0.00000162. The lowest BCUT2D eigenvalue weighted by Gasteiger charge is -2.22. The van der Waals surface area contributed by atoms with Crippen molar-refractivity contribution in [2.75, 3.05) is 18.4 Å². The lowest BCUT2D eigenvalue weighted by atomic mass is 9.97. The molecule has 0 aliphatic carbocycles. The van der Waals surface area contributed by atoms with Gasteiger partial charge in [0.15, 0.2) is 0 Å². The highest BCUT2D eigenvalue weighted by molar-refractivity contribution is 5.92. The van der Waals surface area contributed by atoms with E-state index in [0.717, 1.165) is 31.6 Å². The van der Waals surface area contributed by atoms with Crippen LogP contribution in [-0.4, -0.2) is 19.0 Å². The van der Waals surface area contributed by atoms with Crippen LogP contribution in [0.3, 0.4) is 0 Å². The van der Waals surface area contributed by atoms with Crippen LogP contribution in [0.1, 0.15) is 24.0 Å². The molecule has 0 bridgehead atoms. The maximum atomic E-state index is 12.1. The van der Waals surface area contributed by atoms with Crippen LogP contribution in [0.25, 0.3) is 0 Å². The molecule has 0 atom stereocenters. The summed E-state index contributed by atoms with van der Waals surface area (Å²) in [5.74, 6) is 0.327. The van der Waals surface area contributed by atoms with E-state index in [-0.39, 0.29) is 24.2 Å². The summed E-state index contributed by atoms with van der Waals surface area (Å²) in [5, 5.41) is 6.30. The minimum Gasteiger partial charge on any atom is -0.326 e. The smallest absolute Gasteiger partial charge is 0.227 e. The van der Waals surface area contributed by atoms with Crippen LogP contribution in [0, 0.1) is 19.8 Å². The van der Waals surface area contributed by atoms with Gasteiger partial charge in [0, 0.05) is 11.6 Å². The number of hydrogen-bond donors (Lipinski definition) is 2. The van der Waals surface area contributed by atoms with Gasteiger partial charge in [-0.15, -0.1) is 12.4 Å². The van der Waals surface area contributed by atoms with Crippen molar-refractivity contribution in [3.63, 3.8) is 0 Å². The third-order valence-corrected chi connectivity index (χ3v) is 3.20. The molecule has 1 saturated heterocycles. The zero-order valence-electron chi connectivity index (χ0n) is 11.0. The van der Waals surface area contributed by atoms with Gasteiger partial charge in [0.2, 0.25) is 5.91 Å². The molecule has 1 aromatic rings. The number of anilines is 1. The van der Waals surface area contributed by atoms with Crippen molar-refractivity contribution in [3.8, 4) is 0 Å². The second-order valence-corrected chi connectivity index (χ2v) is 4.89. The van der Waals surface area contributed by atoms with Crippen molar-refractivity contribution in [1.29, 1.82) is 0 Å². The molecular formula is C14H21ClN2O. The van der Waals surface area contributed by atoms with Gasteiger partial charge in [-0.05, 0) is 63.0 Å². The minimum atomic E-state index is 0. The lowest BCUT2D eigenvalue weighted by molar-refractivity contribution is -0.120. The molecule has 0 spiro atoms. The van der Waals surface area contributed by atoms with Crippen LogP contribution in [0.4, 0.5) is 5.69 Å². The topological polar surface area (TPSA) is 41.1 Å². The largest absolute Gasteiger partial charge is 0.326 e. The normalized spacial score (nSPS) is 15.9. The van der Waals surface area contributed by atoms with E-state index < -0.39 is 0 Å². The van der Waals surface area contributed by atoms with Crippen molar-refractivity contribution in [3.05, 3.63) is 29.3 Å². The molecule has 2 rings (SSSR count). The standard InChI is InChI=1S/C14H20N2O.ClH/c1-10-7-11(2)9-13(8-10)16-14(17)12-3-5-15-6-4-12;/h7-9,12,15H,3-6H2,1-2H3,(H,16,17);1H. The molecule has 0 saturated carbocycles. The Labute approximate surface area is 115 Å². The van der Waals surface area contributed by atoms with Crippen LogP contribution in [0.15, 0.2) is 18.2 Å². The quantitative estimate of drug-likeness (QED) is 0.866. The predicted octanol–water partition coefficient (Wildman–Crippen LogP) is 2.66. The molecule has 0 radical (unpaired) electrons. The first kappa shape index (κ1) is 15.0. The molecule has 1 fully saturated rings. The summed E-state index contributed by atoms with van der Waals surface area (Å²) in [4.78, 5) is 12.1. The lowest BCUT2D eigenvalue weighted by Crippen LogP contribution is -2.34. The van der Waals surface area contributed by atoms with Crippen molar-refractivity contribution < 1.29 is 4.79 Å². The second-order valence-electron chi connectivity index (χ2n) is 4.89. The van der Waals surface area contributed by atoms with E-state index in [1.54, 1.807) is 0 Å². The number of carbonyl (C=O) groups excluding carboxylic acids is 1. The average molecular weight is 269 g/mol. The van der Waals surface area contributed by atoms with Gasteiger partial charge in [0.1, 0.15) is 0 Å². The molecule has 1 aliphatic rings. The third-order valence-electron chi connectivity index (χ3n) is 3.20. The fourth-order valence-electron chi connectivity index (χ4n) is 2.38. The Kier molecular flexibility index (Phi) is 5.63. The van der Waals surface area contributed by atoms with E-state index in [1.807, 2.05) is 26.0 Å². The molecule has 0 aromatic heterocycles. The first-order valence-electron chi connectivity index (χ1n) is 6.25. The fraction of sp³-hybridized carbons (Fsp3) is 0.500.